The average molecular weight is 376 g/mol. The maximum Gasteiger partial charge on any atom is 0.417 e. The number of carbonyl (C=O) groups excluding carboxylic acids is 1. The van der Waals surface area contributed by atoms with Crippen molar-refractivity contribution >= 4 is 29.1 Å². The number of halogens is 5. The molecule has 24 heavy (non-hydrogen) atoms. The van der Waals surface area contributed by atoms with Crippen molar-refractivity contribution < 1.29 is 18.0 Å². The molecule has 1 atom stereocenters. The number of amides is 1. The number of carbonyl (C=O) groups is 1. The van der Waals surface area contributed by atoms with E-state index in [9.17, 15) is 18.0 Å². The van der Waals surface area contributed by atoms with Crippen LogP contribution >= 0.6 is 23.2 Å². The van der Waals surface area contributed by atoms with Gasteiger partial charge in [-0.3, -0.25) is 4.79 Å². The second kappa shape index (κ2) is 7.45. The molecule has 2 aromatic carbocycles. The van der Waals surface area contributed by atoms with Gasteiger partial charge in [0.1, 0.15) is 0 Å². The predicted octanol–water partition coefficient (Wildman–Crippen LogP) is 5.43. The van der Waals surface area contributed by atoms with E-state index in [1.54, 1.807) is 31.2 Å². The molecule has 2 rings (SSSR count). The zero-order chi connectivity index (χ0) is 17.9. The molecule has 0 fully saturated rings. The van der Waals surface area contributed by atoms with Crippen LogP contribution in [-0.2, 0) is 17.5 Å². The van der Waals surface area contributed by atoms with Crippen LogP contribution < -0.4 is 5.32 Å². The molecule has 0 spiro atoms. The quantitative estimate of drug-likeness (QED) is 0.757. The van der Waals surface area contributed by atoms with Crippen LogP contribution in [0.1, 0.15) is 29.5 Å². The average Bonchev–Trinajstić information content (AvgIpc) is 2.52. The summed E-state index contributed by atoms with van der Waals surface area (Å²) in [6.45, 7) is 1.62. The SMILES string of the molecule is CC(C(=O)NCc1cccc(C(F)(F)F)c1Cl)c1ccc(Cl)cc1. The van der Waals surface area contributed by atoms with Gasteiger partial charge in [-0.2, -0.15) is 13.2 Å². The van der Waals surface area contributed by atoms with Crippen LogP contribution in [0.25, 0.3) is 0 Å². The molecule has 0 radical (unpaired) electrons. The summed E-state index contributed by atoms with van der Waals surface area (Å²) in [5.74, 6) is -0.780. The van der Waals surface area contributed by atoms with Gasteiger partial charge in [0.25, 0.3) is 0 Å². The molecule has 0 heterocycles. The topological polar surface area (TPSA) is 29.1 Å². The smallest absolute Gasteiger partial charge is 0.351 e. The lowest BCUT2D eigenvalue weighted by Crippen LogP contribution is -2.27. The van der Waals surface area contributed by atoms with Crippen LogP contribution in [0.5, 0.6) is 0 Å². The second-order valence-electron chi connectivity index (χ2n) is 5.27. The van der Waals surface area contributed by atoms with Crippen molar-refractivity contribution in [2.45, 2.75) is 25.6 Å². The predicted molar refractivity (Wildman–Crippen MR) is 88.2 cm³/mol. The summed E-state index contributed by atoms with van der Waals surface area (Å²) in [4.78, 5) is 12.2. The molecule has 2 nitrogen and oxygen atoms in total. The van der Waals surface area contributed by atoms with E-state index in [-0.39, 0.29) is 18.0 Å². The van der Waals surface area contributed by atoms with Crippen molar-refractivity contribution in [2.24, 2.45) is 0 Å². The number of rotatable bonds is 4. The zero-order valence-electron chi connectivity index (χ0n) is 12.6. The molecule has 2 aromatic rings. The van der Waals surface area contributed by atoms with Gasteiger partial charge in [-0.25, -0.2) is 0 Å². The molecule has 1 unspecified atom stereocenters. The molecule has 0 aliphatic carbocycles. The highest BCUT2D eigenvalue weighted by atomic mass is 35.5. The number of nitrogens with one attached hydrogen (secondary N) is 1. The van der Waals surface area contributed by atoms with Crippen LogP contribution in [0.15, 0.2) is 42.5 Å². The third kappa shape index (κ3) is 4.42. The van der Waals surface area contributed by atoms with Gasteiger partial charge in [0.15, 0.2) is 0 Å². The monoisotopic (exact) mass is 375 g/mol. The Morgan fingerprint density at radius 1 is 1.12 bits per heavy atom. The minimum Gasteiger partial charge on any atom is -0.351 e. The summed E-state index contributed by atoms with van der Waals surface area (Å²) in [6.07, 6.45) is -4.53. The first-order valence-corrected chi connectivity index (χ1v) is 7.83. The Hall–Kier alpha value is -1.72. The third-order valence-corrected chi connectivity index (χ3v) is 4.30. The van der Waals surface area contributed by atoms with Crippen molar-refractivity contribution in [3.63, 3.8) is 0 Å². The molecule has 1 amide bonds. The molecule has 0 bridgehead atoms. The van der Waals surface area contributed by atoms with E-state index in [4.69, 9.17) is 23.2 Å². The molecule has 0 saturated carbocycles. The van der Waals surface area contributed by atoms with Crippen molar-refractivity contribution in [3.8, 4) is 0 Å². The highest BCUT2D eigenvalue weighted by Gasteiger charge is 2.33. The fourth-order valence-corrected chi connectivity index (χ4v) is 2.60. The van der Waals surface area contributed by atoms with E-state index in [0.29, 0.717) is 5.02 Å². The lowest BCUT2D eigenvalue weighted by molar-refractivity contribution is -0.137. The fraction of sp³-hybridized carbons (Fsp3) is 0.235. The van der Waals surface area contributed by atoms with Crippen LogP contribution in [0.3, 0.4) is 0 Å². The number of hydrogen-bond acceptors (Lipinski definition) is 1. The van der Waals surface area contributed by atoms with Crippen molar-refractivity contribution in [3.05, 3.63) is 69.2 Å². The summed E-state index contributed by atoms with van der Waals surface area (Å²) in [5, 5.41) is 2.77. The van der Waals surface area contributed by atoms with Crippen LogP contribution in [-0.4, -0.2) is 5.91 Å². The second-order valence-corrected chi connectivity index (χ2v) is 6.08. The Morgan fingerprint density at radius 2 is 1.75 bits per heavy atom. The lowest BCUT2D eigenvalue weighted by atomic mass is 10.0. The maximum atomic E-state index is 12.8. The minimum absolute atomic E-state index is 0.0838. The lowest BCUT2D eigenvalue weighted by Gasteiger charge is -2.15. The van der Waals surface area contributed by atoms with Gasteiger partial charge in [0, 0.05) is 11.6 Å². The minimum atomic E-state index is -4.53. The molecule has 1 N–H and O–H groups in total. The van der Waals surface area contributed by atoms with E-state index in [0.717, 1.165) is 11.6 Å². The van der Waals surface area contributed by atoms with Gasteiger partial charge in [-0.1, -0.05) is 47.5 Å². The van der Waals surface area contributed by atoms with Gasteiger partial charge >= 0.3 is 6.18 Å². The summed E-state index contributed by atoms with van der Waals surface area (Å²) in [6, 6.07) is 10.4. The zero-order valence-corrected chi connectivity index (χ0v) is 14.1. The molecule has 0 aliphatic heterocycles. The Kier molecular flexibility index (Phi) is 5.78. The highest BCUT2D eigenvalue weighted by molar-refractivity contribution is 6.32. The Labute approximate surface area is 147 Å². The van der Waals surface area contributed by atoms with Crippen LogP contribution in [0, 0.1) is 0 Å². The van der Waals surface area contributed by atoms with Gasteiger partial charge < -0.3 is 5.32 Å². The summed E-state index contributed by atoms with van der Waals surface area (Å²) < 4.78 is 38.5. The van der Waals surface area contributed by atoms with Crippen LogP contribution in [0.4, 0.5) is 13.2 Å². The number of hydrogen-bond donors (Lipinski definition) is 1. The standard InChI is InChI=1S/C17H14Cl2F3NO/c1-10(11-5-7-13(18)8-6-11)16(24)23-9-12-3-2-4-14(15(12)19)17(20,21)22/h2-8,10H,9H2,1H3,(H,23,24). The molecular formula is C17H14Cl2F3NO. The van der Waals surface area contributed by atoms with Crippen molar-refractivity contribution in [1.82, 2.24) is 5.32 Å². The molecule has 128 valence electrons. The molecule has 0 aromatic heterocycles. The molecule has 0 saturated heterocycles. The van der Waals surface area contributed by atoms with E-state index in [2.05, 4.69) is 5.32 Å². The van der Waals surface area contributed by atoms with Gasteiger partial charge in [-0.15, -0.1) is 0 Å². The van der Waals surface area contributed by atoms with Gasteiger partial charge in [0.2, 0.25) is 5.91 Å². The Morgan fingerprint density at radius 3 is 2.33 bits per heavy atom. The maximum absolute atomic E-state index is 12.8. The fourth-order valence-electron chi connectivity index (χ4n) is 2.17. The molecular weight excluding hydrogens is 362 g/mol. The largest absolute Gasteiger partial charge is 0.417 e. The van der Waals surface area contributed by atoms with E-state index >= 15 is 0 Å². The van der Waals surface area contributed by atoms with Gasteiger partial charge in [0.05, 0.1) is 16.5 Å². The highest BCUT2D eigenvalue weighted by Crippen LogP contribution is 2.36. The first-order valence-electron chi connectivity index (χ1n) is 7.08. The first-order chi connectivity index (χ1) is 11.2. The van der Waals surface area contributed by atoms with Crippen molar-refractivity contribution in [2.75, 3.05) is 0 Å². The molecule has 0 aliphatic rings. The third-order valence-electron chi connectivity index (χ3n) is 3.60. The molecule has 7 heteroatoms. The number of benzene rings is 2. The van der Waals surface area contributed by atoms with Crippen LogP contribution in [0.2, 0.25) is 10.0 Å². The van der Waals surface area contributed by atoms with E-state index < -0.39 is 22.7 Å². The van der Waals surface area contributed by atoms with E-state index in [1.165, 1.54) is 12.1 Å². The summed E-state index contributed by atoms with van der Waals surface area (Å²) >= 11 is 11.6. The summed E-state index contributed by atoms with van der Waals surface area (Å²) in [7, 11) is 0. The normalized spacial score (nSPS) is 12.8. The Balaban J connectivity index is 2.08. The Bertz CT molecular complexity index is 730. The summed E-state index contributed by atoms with van der Waals surface area (Å²) in [5.41, 5.74) is 0.0526. The van der Waals surface area contributed by atoms with Gasteiger partial charge in [-0.05, 0) is 36.2 Å². The number of alkyl halides is 3. The first kappa shape index (κ1) is 18.6. The van der Waals surface area contributed by atoms with E-state index in [1.807, 2.05) is 0 Å². The van der Waals surface area contributed by atoms with Crippen molar-refractivity contribution in [1.29, 1.82) is 0 Å².